The standard InChI is InChI=1S/C25H23NO9/c1-12-9-16-19(25(28)34-12)18(15-10-17(30-3)21-23(20(15)31-4)33-11-32-21)22(35-16)24(27)26-13-5-7-14(29-2)8-6-13/h5-10,18,22H,11H2,1-4H3,(H,26,27). The Bertz CT molecular complexity index is 1350. The van der Waals surface area contributed by atoms with Gasteiger partial charge >= 0.3 is 5.63 Å². The lowest BCUT2D eigenvalue weighted by atomic mass is 9.87. The van der Waals surface area contributed by atoms with Gasteiger partial charge in [-0.15, -0.1) is 0 Å². The minimum absolute atomic E-state index is 0.0218. The van der Waals surface area contributed by atoms with Crippen LogP contribution in [0.15, 0.2) is 45.6 Å². The van der Waals surface area contributed by atoms with Gasteiger partial charge in [-0.1, -0.05) is 0 Å². The highest BCUT2D eigenvalue weighted by Gasteiger charge is 2.46. The Labute approximate surface area is 200 Å². The highest BCUT2D eigenvalue weighted by molar-refractivity contribution is 5.96. The van der Waals surface area contributed by atoms with Crippen LogP contribution in [0.2, 0.25) is 0 Å². The molecule has 1 aromatic heterocycles. The lowest BCUT2D eigenvalue weighted by Gasteiger charge is -2.22. The monoisotopic (exact) mass is 481 g/mol. The molecule has 0 bridgehead atoms. The molecule has 10 nitrogen and oxygen atoms in total. The minimum Gasteiger partial charge on any atom is -0.497 e. The van der Waals surface area contributed by atoms with Gasteiger partial charge in [0, 0.05) is 17.3 Å². The van der Waals surface area contributed by atoms with Crippen LogP contribution in [-0.4, -0.2) is 40.1 Å². The smallest absolute Gasteiger partial charge is 0.343 e. The van der Waals surface area contributed by atoms with Crippen molar-refractivity contribution in [3.05, 3.63) is 63.7 Å². The van der Waals surface area contributed by atoms with Gasteiger partial charge in [-0.2, -0.15) is 0 Å². The van der Waals surface area contributed by atoms with Crippen molar-refractivity contribution in [1.82, 2.24) is 0 Å². The number of aryl methyl sites for hydroxylation is 1. The van der Waals surface area contributed by atoms with Crippen LogP contribution in [0.1, 0.15) is 22.8 Å². The maximum atomic E-state index is 13.5. The third-order valence-electron chi connectivity index (χ3n) is 5.91. The van der Waals surface area contributed by atoms with Gasteiger partial charge in [0.2, 0.25) is 18.3 Å². The summed E-state index contributed by atoms with van der Waals surface area (Å²) in [6, 6.07) is 10.1. The van der Waals surface area contributed by atoms with E-state index in [0.29, 0.717) is 45.8 Å². The fourth-order valence-electron chi connectivity index (χ4n) is 4.37. The number of carbonyl (C=O) groups is 1. The lowest BCUT2D eigenvalue weighted by molar-refractivity contribution is -0.122. The highest BCUT2D eigenvalue weighted by atomic mass is 16.7. The second-order valence-electron chi connectivity index (χ2n) is 7.92. The third-order valence-corrected chi connectivity index (χ3v) is 5.91. The quantitative estimate of drug-likeness (QED) is 0.567. The zero-order valence-corrected chi connectivity index (χ0v) is 19.5. The van der Waals surface area contributed by atoms with Crippen LogP contribution >= 0.6 is 0 Å². The van der Waals surface area contributed by atoms with Gasteiger partial charge in [-0.3, -0.25) is 4.79 Å². The molecule has 1 amide bonds. The Balaban J connectivity index is 1.63. The highest BCUT2D eigenvalue weighted by Crippen LogP contribution is 2.54. The van der Waals surface area contributed by atoms with E-state index in [1.165, 1.54) is 14.2 Å². The first-order chi connectivity index (χ1) is 16.9. The number of benzene rings is 2. The third kappa shape index (κ3) is 3.76. The van der Waals surface area contributed by atoms with Crippen molar-refractivity contribution in [2.45, 2.75) is 18.9 Å². The molecule has 0 radical (unpaired) electrons. The first-order valence-electron chi connectivity index (χ1n) is 10.8. The molecule has 182 valence electrons. The predicted molar refractivity (Wildman–Crippen MR) is 123 cm³/mol. The Kier molecular flexibility index (Phi) is 5.64. The molecule has 0 aliphatic carbocycles. The maximum Gasteiger partial charge on any atom is 0.343 e. The molecule has 3 heterocycles. The van der Waals surface area contributed by atoms with E-state index in [2.05, 4.69) is 5.32 Å². The fourth-order valence-corrected chi connectivity index (χ4v) is 4.37. The number of hydrogen-bond acceptors (Lipinski definition) is 9. The topological polar surface area (TPSA) is 115 Å². The average Bonchev–Trinajstić information content (AvgIpc) is 3.49. The van der Waals surface area contributed by atoms with Gasteiger partial charge in [-0.25, -0.2) is 4.79 Å². The van der Waals surface area contributed by atoms with Crippen molar-refractivity contribution >= 4 is 11.6 Å². The molecule has 0 saturated carbocycles. The predicted octanol–water partition coefficient (Wildman–Crippen LogP) is 3.23. The van der Waals surface area contributed by atoms with Crippen molar-refractivity contribution in [1.29, 1.82) is 0 Å². The van der Waals surface area contributed by atoms with Gasteiger partial charge in [0.05, 0.1) is 32.8 Å². The van der Waals surface area contributed by atoms with Gasteiger partial charge in [0.15, 0.2) is 17.6 Å². The molecular formula is C25H23NO9. The van der Waals surface area contributed by atoms with E-state index in [1.807, 2.05) is 0 Å². The summed E-state index contributed by atoms with van der Waals surface area (Å²) in [7, 11) is 4.51. The second-order valence-corrected chi connectivity index (χ2v) is 7.92. The maximum absolute atomic E-state index is 13.5. The van der Waals surface area contributed by atoms with Crippen LogP contribution in [0.25, 0.3) is 0 Å². The van der Waals surface area contributed by atoms with Gasteiger partial charge in [0.1, 0.15) is 17.3 Å². The number of ether oxygens (including phenoxy) is 6. The molecule has 2 unspecified atom stereocenters. The fraction of sp³-hybridized carbons (Fsp3) is 0.280. The molecule has 2 aromatic carbocycles. The van der Waals surface area contributed by atoms with Crippen molar-refractivity contribution in [2.75, 3.05) is 33.4 Å². The summed E-state index contributed by atoms with van der Waals surface area (Å²) >= 11 is 0. The van der Waals surface area contributed by atoms with Crippen LogP contribution in [0.5, 0.6) is 34.5 Å². The van der Waals surface area contributed by atoms with E-state index in [0.717, 1.165) is 0 Å². The molecule has 0 spiro atoms. The molecule has 2 aliphatic rings. The van der Waals surface area contributed by atoms with Crippen molar-refractivity contribution in [3.8, 4) is 34.5 Å². The molecule has 3 aromatic rings. The number of methoxy groups -OCH3 is 3. The summed E-state index contributed by atoms with van der Waals surface area (Å²) in [5.41, 5.74) is 0.582. The summed E-state index contributed by atoms with van der Waals surface area (Å²) < 4.78 is 38.9. The van der Waals surface area contributed by atoms with Crippen LogP contribution in [0, 0.1) is 6.92 Å². The Morgan fingerprint density at radius 1 is 1.00 bits per heavy atom. The summed E-state index contributed by atoms with van der Waals surface area (Å²) in [6.45, 7) is 1.61. The molecule has 2 atom stereocenters. The summed E-state index contributed by atoms with van der Waals surface area (Å²) in [4.78, 5) is 26.5. The van der Waals surface area contributed by atoms with Crippen LogP contribution in [0.3, 0.4) is 0 Å². The van der Waals surface area contributed by atoms with E-state index in [4.69, 9.17) is 32.8 Å². The Hall–Kier alpha value is -4.34. The Morgan fingerprint density at radius 3 is 2.43 bits per heavy atom. The number of fused-ring (bicyclic) bond motifs is 2. The number of carbonyl (C=O) groups excluding carboxylic acids is 1. The van der Waals surface area contributed by atoms with E-state index in [-0.39, 0.29) is 18.1 Å². The normalized spacial score (nSPS) is 17.4. The van der Waals surface area contributed by atoms with Crippen molar-refractivity contribution in [2.24, 2.45) is 0 Å². The number of amides is 1. The summed E-state index contributed by atoms with van der Waals surface area (Å²) in [5, 5.41) is 2.84. The van der Waals surface area contributed by atoms with Crippen LogP contribution in [0.4, 0.5) is 5.69 Å². The van der Waals surface area contributed by atoms with Crippen molar-refractivity contribution in [3.63, 3.8) is 0 Å². The largest absolute Gasteiger partial charge is 0.497 e. The average molecular weight is 481 g/mol. The second kappa shape index (κ2) is 8.79. The molecule has 0 fully saturated rings. The van der Waals surface area contributed by atoms with E-state index < -0.39 is 23.6 Å². The van der Waals surface area contributed by atoms with Gasteiger partial charge < -0.3 is 38.2 Å². The SMILES string of the molecule is COc1ccc(NC(=O)C2Oc3cc(C)oc(=O)c3C2c2cc(OC)c3c(c2OC)OCO3)cc1. The first kappa shape index (κ1) is 22.5. The molecule has 1 N–H and O–H groups in total. The molecule has 0 saturated heterocycles. The van der Waals surface area contributed by atoms with Gasteiger partial charge in [-0.05, 0) is 37.3 Å². The first-order valence-corrected chi connectivity index (χ1v) is 10.8. The zero-order chi connectivity index (χ0) is 24.7. The number of hydrogen-bond donors (Lipinski definition) is 1. The number of rotatable bonds is 6. The summed E-state index contributed by atoms with van der Waals surface area (Å²) in [6.07, 6.45) is -1.12. The Morgan fingerprint density at radius 2 is 1.74 bits per heavy atom. The summed E-state index contributed by atoms with van der Waals surface area (Å²) in [5.74, 6) is 1.30. The van der Waals surface area contributed by atoms with Crippen LogP contribution < -0.4 is 39.4 Å². The van der Waals surface area contributed by atoms with Gasteiger partial charge in [0.25, 0.3) is 5.91 Å². The van der Waals surface area contributed by atoms with Crippen LogP contribution in [-0.2, 0) is 4.79 Å². The lowest BCUT2D eigenvalue weighted by Crippen LogP contribution is -2.35. The van der Waals surface area contributed by atoms with E-state index in [1.54, 1.807) is 50.4 Å². The molecule has 5 rings (SSSR count). The molecular weight excluding hydrogens is 458 g/mol. The number of nitrogens with one attached hydrogen (secondary N) is 1. The molecule has 2 aliphatic heterocycles. The number of anilines is 1. The van der Waals surface area contributed by atoms with E-state index >= 15 is 0 Å². The minimum atomic E-state index is -1.12. The molecule has 10 heteroatoms. The molecule has 35 heavy (non-hydrogen) atoms. The van der Waals surface area contributed by atoms with E-state index in [9.17, 15) is 9.59 Å². The van der Waals surface area contributed by atoms with Crippen molar-refractivity contribution < 1.29 is 37.6 Å². The zero-order valence-electron chi connectivity index (χ0n) is 19.5.